The lowest BCUT2D eigenvalue weighted by atomic mass is 10.1. The summed E-state index contributed by atoms with van der Waals surface area (Å²) in [5, 5.41) is 31.3. The Bertz CT molecular complexity index is 504. The highest BCUT2D eigenvalue weighted by molar-refractivity contribution is 5.82. The number of carboxylic acids is 1. The van der Waals surface area contributed by atoms with Gasteiger partial charge in [0.2, 0.25) is 0 Å². The van der Waals surface area contributed by atoms with Gasteiger partial charge in [-0.15, -0.1) is 0 Å². The van der Waals surface area contributed by atoms with E-state index >= 15 is 0 Å². The molecule has 5 N–H and O–H groups in total. The van der Waals surface area contributed by atoms with Crippen molar-refractivity contribution in [3.8, 4) is 11.5 Å². The van der Waals surface area contributed by atoms with Crippen molar-refractivity contribution in [1.82, 2.24) is 15.8 Å². The molecule has 0 aromatic heterocycles. The van der Waals surface area contributed by atoms with Gasteiger partial charge in [-0.25, -0.2) is 14.6 Å². The van der Waals surface area contributed by atoms with Crippen molar-refractivity contribution >= 4 is 12.0 Å². The summed E-state index contributed by atoms with van der Waals surface area (Å²) >= 11 is 0. The highest BCUT2D eigenvalue weighted by Crippen LogP contribution is 2.25. The molecule has 0 aliphatic carbocycles. The number of benzene rings is 1. The standard InChI is InChI=1S/C12H17N3O5/c1-15(2)14-12(20)13-8(11(18)19)5-7-3-4-9(16)10(17)6-7/h3-4,6,8,16-17H,5H2,1-2H3,(H,18,19)(H2,13,14,20)/t8-/m0/s1. The summed E-state index contributed by atoms with van der Waals surface area (Å²) in [5.41, 5.74) is 2.84. The molecular weight excluding hydrogens is 266 g/mol. The van der Waals surface area contributed by atoms with Gasteiger partial charge in [0.15, 0.2) is 11.5 Å². The second-order valence-electron chi connectivity index (χ2n) is 4.40. The fourth-order valence-corrected chi connectivity index (χ4v) is 1.53. The number of phenolic OH excluding ortho intramolecular Hbond substituents is 2. The van der Waals surface area contributed by atoms with Crippen LogP contribution in [0.15, 0.2) is 18.2 Å². The highest BCUT2D eigenvalue weighted by atomic mass is 16.4. The molecule has 8 nitrogen and oxygen atoms in total. The van der Waals surface area contributed by atoms with Crippen LogP contribution in [0.1, 0.15) is 5.56 Å². The van der Waals surface area contributed by atoms with Crippen molar-refractivity contribution in [2.75, 3.05) is 14.1 Å². The Hall–Kier alpha value is -2.48. The van der Waals surface area contributed by atoms with Gasteiger partial charge in [0.1, 0.15) is 6.04 Å². The summed E-state index contributed by atoms with van der Waals surface area (Å²) < 4.78 is 0. The molecule has 20 heavy (non-hydrogen) atoms. The molecule has 0 bridgehead atoms. The van der Waals surface area contributed by atoms with E-state index in [0.29, 0.717) is 5.56 Å². The SMILES string of the molecule is CN(C)NC(=O)N[C@@H](Cc1ccc(O)c(O)c1)C(=O)O. The maximum absolute atomic E-state index is 11.5. The van der Waals surface area contributed by atoms with E-state index in [1.807, 2.05) is 0 Å². The second-order valence-corrected chi connectivity index (χ2v) is 4.40. The summed E-state index contributed by atoms with van der Waals surface area (Å²) in [4.78, 5) is 22.6. The number of hydrogen-bond acceptors (Lipinski definition) is 5. The van der Waals surface area contributed by atoms with Gasteiger partial charge in [-0.3, -0.25) is 5.43 Å². The molecule has 0 unspecified atom stereocenters. The lowest BCUT2D eigenvalue weighted by Crippen LogP contribution is -2.50. The van der Waals surface area contributed by atoms with E-state index < -0.39 is 18.0 Å². The van der Waals surface area contributed by atoms with E-state index in [4.69, 9.17) is 5.11 Å². The smallest absolute Gasteiger partial charge is 0.330 e. The van der Waals surface area contributed by atoms with Crippen LogP contribution < -0.4 is 10.7 Å². The van der Waals surface area contributed by atoms with Crippen LogP contribution in [-0.2, 0) is 11.2 Å². The Labute approximate surface area is 115 Å². The zero-order chi connectivity index (χ0) is 15.3. The molecule has 0 saturated carbocycles. The molecule has 0 saturated heterocycles. The number of rotatable bonds is 5. The van der Waals surface area contributed by atoms with Crippen molar-refractivity contribution in [3.05, 3.63) is 23.8 Å². The van der Waals surface area contributed by atoms with Crippen LogP contribution in [0, 0.1) is 0 Å². The molecule has 0 fully saturated rings. The summed E-state index contributed by atoms with van der Waals surface area (Å²) in [6, 6.07) is 2.17. The van der Waals surface area contributed by atoms with Crippen LogP contribution in [0.25, 0.3) is 0 Å². The molecule has 1 aromatic carbocycles. The normalized spacial score (nSPS) is 11.9. The van der Waals surface area contributed by atoms with Gasteiger partial charge in [0.25, 0.3) is 0 Å². The number of hydrogen-bond donors (Lipinski definition) is 5. The molecule has 0 aliphatic heterocycles. The van der Waals surface area contributed by atoms with Crippen molar-refractivity contribution in [3.63, 3.8) is 0 Å². The zero-order valence-electron chi connectivity index (χ0n) is 11.1. The summed E-state index contributed by atoms with van der Waals surface area (Å²) in [7, 11) is 3.18. The van der Waals surface area contributed by atoms with Gasteiger partial charge in [-0.2, -0.15) is 0 Å². The van der Waals surface area contributed by atoms with Gasteiger partial charge in [0.05, 0.1) is 0 Å². The van der Waals surface area contributed by atoms with Gasteiger partial charge in [-0.1, -0.05) is 6.07 Å². The first-order valence-corrected chi connectivity index (χ1v) is 5.77. The summed E-state index contributed by atoms with van der Waals surface area (Å²) in [5.74, 6) is -1.84. The first-order valence-electron chi connectivity index (χ1n) is 5.77. The molecular formula is C12H17N3O5. The Balaban J connectivity index is 2.74. The number of urea groups is 1. The number of carboxylic acid groups (broad SMARTS) is 1. The Morgan fingerprint density at radius 2 is 1.90 bits per heavy atom. The van der Waals surface area contributed by atoms with Gasteiger partial charge >= 0.3 is 12.0 Å². The van der Waals surface area contributed by atoms with E-state index in [1.165, 1.54) is 23.2 Å². The molecule has 2 amide bonds. The topological polar surface area (TPSA) is 122 Å². The third-order valence-corrected chi connectivity index (χ3v) is 2.41. The molecule has 1 aromatic rings. The van der Waals surface area contributed by atoms with Crippen LogP contribution in [0.3, 0.4) is 0 Å². The van der Waals surface area contributed by atoms with E-state index in [-0.39, 0.29) is 17.9 Å². The molecule has 110 valence electrons. The quantitative estimate of drug-likeness (QED) is 0.379. The summed E-state index contributed by atoms with van der Waals surface area (Å²) in [6.45, 7) is 0. The predicted molar refractivity (Wildman–Crippen MR) is 70.3 cm³/mol. The molecule has 8 heteroatoms. The minimum atomic E-state index is -1.20. The average molecular weight is 283 g/mol. The van der Waals surface area contributed by atoms with Gasteiger partial charge < -0.3 is 20.6 Å². The number of carbonyl (C=O) groups is 2. The number of nitrogens with zero attached hydrogens (tertiary/aromatic N) is 1. The Morgan fingerprint density at radius 3 is 2.40 bits per heavy atom. The lowest BCUT2D eigenvalue weighted by molar-refractivity contribution is -0.139. The maximum atomic E-state index is 11.5. The van der Waals surface area contributed by atoms with Crippen LogP contribution in [0.5, 0.6) is 11.5 Å². The van der Waals surface area contributed by atoms with Crippen molar-refractivity contribution in [1.29, 1.82) is 0 Å². The first-order chi connectivity index (χ1) is 9.29. The predicted octanol–water partition coefficient (Wildman–Crippen LogP) is -0.131. The second kappa shape index (κ2) is 6.62. The fourth-order valence-electron chi connectivity index (χ4n) is 1.53. The molecule has 0 spiro atoms. The number of amides is 2. The van der Waals surface area contributed by atoms with E-state index in [0.717, 1.165) is 0 Å². The molecule has 1 atom stereocenters. The Morgan fingerprint density at radius 1 is 1.25 bits per heavy atom. The third kappa shape index (κ3) is 4.65. The van der Waals surface area contributed by atoms with Crippen molar-refractivity contribution < 1.29 is 24.9 Å². The van der Waals surface area contributed by atoms with Crippen LogP contribution >= 0.6 is 0 Å². The molecule has 0 aliphatic rings. The number of phenols is 2. The minimum Gasteiger partial charge on any atom is -0.504 e. The van der Waals surface area contributed by atoms with Gasteiger partial charge in [0, 0.05) is 20.5 Å². The van der Waals surface area contributed by atoms with Gasteiger partial charge in [-0.05, 0) is 17.7 Å². The minimum absolute atomic E-state index is 0.0238. The van der Waals surface area contributed by atoms with Crippen LogP contribution in [0.2, 0.25) is 0 Å². The number of nitrogens with one attached hydrogen (secondary N) is 2. The average Bonchev–Trinajstić information content (AvgIpc) is 2.31. The monoisotopic (exact) mass is 283 g/mol. The third-order valence-electron chi connectivity index (χ3n) is 2.41. The number of hydrazine groups is 1. The van der Waals surface area contributed by atoms with Crippen molar-refractivity contribution in [2.24, 2.45) is 0 Å². The van der Waals surface area contributed by atoms with Crippen molar-refractivity contribution in [2.45, 2.75) is 12.5 Å². The Kier molecular flexibility index (Phi) is 5.15. The zero-order valence-corrected chi connectivity index (χ0v) is 11.1. The maximum Gasteiger partial charge on any atom is 0.330 e. The fraction of sp³-hybridized carbons (Fsp3) is 0.333. The van der Waals surface area contributed by atoms with Crippen LogP contribution in [0.4, 0.5) is 4.79 Å². The lowest BCUT2D eigenvalue weighted by Gasteiger charge is -2.18. The highest BCUT2D eigenvalue weighted by Gasteiger charge is 2.21. The van der Waals surface area contributed by atoms with Crippen LogP contribution in [-0.4, -0.2) is 52.5 Å². The molecule has 1 rings (SSSR count). The largest absolute Gasteiger partial charge is 0.504 e. The first kappa shape index (κ1) is 15.6. The summed E-state index contributed by atoms with van der Waals surface area (Å²) in [6.07, 6.45) is -0.0238. The molecule has 0 radical (unpaired) electrons. The van der Waals surface area contributed by atoms with E-state index in [9.17, 15) is 19.8 Å². The number of aliphatic carboxylic acids is 1. The molecule has 0 heterocycles. The van der Waals surface area contributed by atoms with E-state index in [1.54, 1.807) is 14.1 Å². The van der Waals surface area contributed by atoms with E-state index in [2.05, 4.69) is 10.7 Å². The number of carbonyl (C=O) groups excluding carboxylic acids is 1. The number of aromatic hydroxyl groups is 2.